The molecule has 0 spiro atoms. The van der Waals surface area contributed by atoms with Gasteiger partial charge in [0.2, 0.25) is 0 Å². The first-order valence-corrected chi connectivity index (χ1v) is 10.4. The molecule has 0 fully saturated rings. The molecule has 0 heterocycles. The molecule has 0 saturated heterocycles. The van der Waals surface area contributed by atoms with Crippen molar-refractivity contribution in [3.8, 4) is 11.5 Å². The fraction of sp³-hybridized carbons (Fsp3) is 0.100. The van der Waals surface area contributed by atoms with Gasteiger partial charge in [-0.1, -0.05) is 29.3 Å². The highest BCUT2D eigenvalue weighted by Gasteiger charge is 2.19. The number of methoxy groups -OCH3 is 1. The Morgan fingerprint density at radius 1 is 0.857 bits per heavy atom. The molecule has 0 atom stereocenters. The standard InChI is InChI=1S/C20H17Cl2NO4S/c1-26-20-12-14(13-23-17-7-3-15(21)4-8-17)2-11-19(20)27-28(24,25)18-9-5-16(22)6-10-18/h2-12,23H,13H2,1H3. The summed E-state index contributed by atoms with van der Waals surface area (Å²) in [5.74, 6) is 0.417. The molecule has 0 radical (unpaired) electrons. The predicted molar refractivity (Wildman–Crippen MR) is 111 cm³/mol. The molecule has 0 aliphatic carbocycles. The summed E-state index contributed by atoms with van der Waals surface area (Å²) in [7, 11) is -2.55. The molecule has 0 bridgehead atoms. The molecule has 3 aromatic carbocycles. The molecule has 28 heavy (non-hydrogen) atoms. The van der Waals surface area contributed by atoms with Crippen LogP contribution in [0.4, 0.5) is 5.69 Å². The Hall–Kier alpha value is -2.41. The van der Waals surface area contributed by atoms with E-state index in [4.69, 9.17) is 32.1 Å². The molecule has 0 saturated carbocycles. The fourth-order valence-electron chi connectivity index (χ4n) is 2.43. The number of ether oxygens (including phenoxy) is 1. The highest BCUT2D eigenvalue weighted by Crippen LogP contribution is 2.31. The summed E-state index contributed by atoms with van der Waals surface area (Å²) in [6.07, 6.45) is 0. The zero-order valence-electron chi connectivity index (χ0n) is 14.9. The minimum Gasteiger partial charge on any atom is -0.493 e. The summed E-state index contributed by atoms with van der Waals surface area (Å²) in [4.78, 5) is 0.00688. The van der Waals surface area contributed by atoms with Crippen LogP contribution in [0.2, 0.25) is 10.0 Å². The molecule has 0 aliphatic rings. The van der Waals surface area contributed by atoms with E-state index < -0.39 is 10.1 Å². The normalized spacial score (nSPS) is 11.1. The minimum atomic E-state index is -4.00. The van der Waals surface area contributed by atoms with Gasteiger partial charge >= 0.3 is 10.1 Å². The van der Waals surface area contributed by atoms with Gasteiger partial charge in [-0.2, -0.15) is 8.42 Å². The van der Waals surface area contributed by atoms with Crippen LogP contribution < -0.4 is 14.2 Å². The van der Waals surface area contributed by atoms with Crippen LogP contribution in [0.5, 0.6) is 11.5 Å². The van der Waals surface area contributed by atoms with E-state index in [1.54, 1.807) is 30.3 Å². The van der Waals surface area contributed by atoms with Crippen molar-refractivity contribution in [3.05, 3.63) is 82.3 Å². The Morgan fingerprint density at radius 2 is 1.46 bits per heavy atom. The van der Waals surface area contributed by atoms with Gasteiger partial charge in [0.1, 0.15) is 4.90 Å². The van der Waals surface area contributed by atoms with Crippen LogP contribution in [0.3, 0.4) is 0 Å². The third-order valence-electron chi connectivity index (χ3n) is 3.87. The quantitative estimate of drug-likeness (QED) is 0.502. The highest BCUT2D eigenvalue weighted by molar-refractivity contribution is 7.87. The van der Waals surface area contributed by atoms with Crippen molar-refractivity contribution < 1.29 is 17.3 Å². The van der Waals surface area contributed by atoms with E-state index in [0.717, 1.165) is 11.3 Å². The van der Waals surface area contributed by atoms with Crippen molar-refractivity contribution >= 4 is 39.0 Å². The molecule has 0 unspecified atom stereocenters. The van der Waals surface area contributed by atoms with Crippen molar-refractivity contribution in [3.63, 3.8) is 0 Å². The van der Waals surface area contributed by atoms with Crippen molar-refractivity contribution in [2.24, 2.45) is 0 Å². The molecular formula is C20H17Cl2NO4S. The van der Waals surface area contributed by atoms with E-state index in [1.807, 2.05) is 12.1 Å². The van der Waals surface area contributed by atoms with E-state index in [9.17, 15) is 8.42 Å². The van der Waals surface area contributed by atoms with Crippen LogP contribution in [0, 0.1) is 0 Å². The van der Waals surface area contributed by atoms with Crippen molar-refractivity contribution in [2.45, 2.75) is 11.4 Å². The lowest BCUT2D eigenvalue weighted by molar-refractivity contribution is 0.390. The molecule has 146 valence electrons. The van der Waals surface area contributed by atoms with Gasteiger partial charge in [0, 0.05) is 22.3 Å². The Labute approximate surface area is 173 Å². The molecule has 0 aromatic heterocycles. The third-order valence-corrected chi connectivity index (χ3v) is 5.62. The first-order valence-electron chi connectivity index (χ1n) is 8.24. The highest BCUT2D eigenvalue weighted by atomic mass is 35.5. The Kier molecular flexibility index (Phi) is 6.34. The second kappa shape index (κ2) is 8.73. The Balaban J connectivity index is 1.75. The third kappa shape index (κ3) is 5.10. The number of anilines is 1. The average molecular weight is 438 g/mol. The number of halogens is 2. The molecule has 0 amide bonds. The Bertz CT molecular complexity index is 1050. The molecule has 0 aliphatic heterocycles. The fourth-order valence-corrected chi connectivity index (χ4v) is 3.62. The number of benzene rings is 3. The van der Waals surface area contributed by atoms with Crippen LogP contribution in [0.1, 0.15) is 5.56 Å². The van der Waals surface area contributed by atoms with Gasteiger partial charge in [0.05, 0.1) is 7.11 Å². The van der Waals surface area contributed by atoms with Crippen molar-refractivity contribution in [1.29, 1.82) is 0 Å². The molecule has 3 rings (SSSR count). The number of rotatable bonds is 7. The van der Waals surface area contributed by atoms with Crippen LogP contribution in [0.15, 0.2) is 71.6 Å². The molecule has 5 nitrogen and oxygen atoms in total. The van der Waals surface area contributed by atoms with Crippen LogP contribution in [0.25, 0.3) is 0 Å². The van der Waals surface area contributed by atoms with Crippen LogP contribution in [-0.2, 0) is 16.7 Å². The summed E-state index contributed by atoms with van der Waals surface area (Å²) in [6.45, 7) is 0.516. The SMILES string of the molecule is COc1cc(CNc2ccc(Cl)cc2)ccc1OS(=O)(=O)c1ccc(Cl)cc1. The predicted octanol–water partition coefficient (Wildman–Crippen LogP) is 5.38. The van der Waals surface area contributed by atoms with E-state index in [1.165, 1.54) is 31.4 Å². The number of nitrogens with one attached hydrogen (secondary N) is 1. The molecule has 1 N–H and O–H groups in total. The van der Waals surface area contributed by atoms with Crippen molar-refractivity contribution in [1.82, 2.24) is 0 Å². The second-order valence-electron chi connectivity index (χ2n) is 5.84. The summed E-state index contributed by atoms with van der Waals surface area (Å²) >= 11 is 11.7. The zero-order chi connectivity index (χ0) is 20.1. The van der Waals surface area contributed by atoms with Gasteiger partial charge in [-0.3, -0.25) is 0 Å². The van der Waals surface area contributed by atoms with Crippen molar-refractivity contribution in [2.75, 3.05) is 12.4 Å². The van der Waals surface area contributed by atoms with Gasteiger partial charge in [-0.05, 0) is 66.2 Å². The number of hydrogen-bond acceptors (Lipinski definition) is 5. The zero-order valence-corrected chi connectivity index (χ0v) is 17.2. The van der Waals surface area contributed by atoms with E-state index in [0.29, 0.717) is 22.3 Å². The van der Waals surface area contributed by atoms with Gasteiger partial charge in [0.15, 0.2) is 11.5 Å². The largest absolute Gasteiger partial charge is 0.493 e. The van der Waals surface area contributed by atoms with E-state index >= 15 is 0 Å². The van der Waals surface area contributed by atoms with E-state index in [2.05, 4.69) is 5.32 Å². The summed E-state index contributed by atoms with van der Waals surface area (Å²) in [5.41, 5.74) is 1.80. The average Bonchev–Trinajstić information content (AvgIpc) is 2.68. The Morgan fingerprint density at radius 3 is 2.07 bits per heavy atom. The van der Waals surface area contributed by atoms with Crippen LogP contribution >= 0.6 is 23.2 Å². The van der Waals surface area contributed by atoms with Gasteiger partial charge in [0.25, 0.3) is 0 Å². The van der Waals surface area contributed by atoms with Crippen LogP contribution in [-0.4, -0.2) is 15.5 Å². The first-order chi connectivity index (χ1) is 13.4. The maximum atomic E-state index is 12.5. The molecular weight excluding hydrogens is 421 g/mol. The lowest BCUT2D eigenvalue weighted by Gasteiger charge is -2.13. The summed E-state index contributed by atoms with van der Waals surface area (Å²) in [5, 5.41) is 4.35. The first kappa shape index (κ1) is 20.3. The minimum absolute atomic E-state index is 0.00688. The van der Waals surface area contributed by atoms with Gasteiger partial charge < -0.3 is 14.2 Å². The topological polar surface area (TPSA) is 64.6 Å². The lowest BCUT2D eigenvalue weighted by atomic mass is 10.2. The van der Waals surface area contributed by atoms with E-state index in [-0.39, 0.29) is 10.6 Å². The monoisotopic (exact) mass is 437 g/mol. The second-order valence-corrected chi connectivity index (χ2v) is 8.26. The smallest absolute Gasteiger partial charge is 0.339 e. The number of hydrogen-bond donors (Lipinski definition) is 1. The van der Waals surface area contributed by atoms with Gasteiger partial charge in [-0.25, -0.2) is 0 Å². The lowest BCUT2D eigenvalue weighted by Crippen LogP contribution is -2.10. The maximum Gasteiger partial charge on any atom is 0.339 e. The molecule has 3 aromatic rings. The maximum absolute atomic E-state index is 12.5. The van der Waals surface area contributed by atoms with Gasteiger partial charge in [-0.15, -0.1) is 0 Å². The summed E-state index contributed by atoms with van der Waals surface area (Å²) in [6, 6.07) is 18.1. The molecule has 8 heteroatoms. The summed E-state index contributed by atoms with van der Waals surface area (Å²) < 4.78 is 35.5.